The Morgan fingerprint density at radius 1 is 1.22 bits per heavy atom. The molecule has 4 heterocycles. The molecule has 2 aliphatic rings. The van der Waals surface area contributed by atoms with Crippen LogP contribution in [0.5, 0.6) is 5.75 Å². The number of aryl methyl sites for hydroxylation is 1. The molecule has 0 radical (unpaired) electrons. The average molecular weight is 368 g/mol. The average Bonchev–Trinajstić information content (AvgIpc) is 3.34. The highest BCUT2D eigenvalue weighted by Crippen LogP contribution is 2.30. The molecule has 142 valence electrons. The molecule has 2 saturated heterocycles. The van der Waals surface area contributed by atoms with Crippen molar-refractivity contribution in [3.8, 4) is 5.75 Å². The van der Waals surface area contributed by atoms with Gasteiger partial charge in [0.2, 0.25) is 0 Å². The number of carbonyl (C=O) groups is 1. The molecule has 1 atom stereocenters. The number of rotatable bonds is 4. The van der Waals surface area contributed by atoms with Crippen molar-refractivity contribution in [3.63, 3.8) is 0 Å². The summed E-state index contributed by atoms with van der Waals surface area (Å²) in [6, 6.07) is 7.16. The van der Waals surface area contributed by atoms with E-state index in [-0.39, 0.29) is 23.1 Å². The second-order valence-corrected chi connectivity index (χ2v) is 7.18. The fourth-order valence-electron chi connectivity index (χ4n) is 3.74. The van der Waals surface area contributed by atoms with Crippen molar-refractivity contribution in [2.75, 3.05) is 31.1 Å². The number of nitrogens with zero attached hydrogens (tertiary/aromatic N) is 3. The highest BCUT2D eigenvalue weighted by Gasteiger charge is 2.30. The summed E-state index contributed by atoms with van der Waals surface area (Å²) < 4.78 is 6.20. The maximum atomic E-state index is 12.7. The number of ether oxygens (including phenoxy) is 1. The Labute approximate surface area is 158 Å². The van der Waals surface area contributed by atoms with E-state index in [1.165, 1.54) is 12.8 Å². The lowest BCUT2D eigenvalue weighted by atomic mass is 10.2. The lowest BCUT2D eigenvalue weighted by Crippen LogP contribution is -2.34. The molecule has 1 N–H and O–H groups in total. The number of pyridine rings is 2. The van der Waals surface area contributed by atoms with Crippen LogP contribution in [-0.2, 0) is 0 Å². The third-order valence-electron chi connectivity index (χ3n) is 5.17. The second kappa shape index (κ2) is 7.42. The molecule has 27 heavy (non-hydrogen) atoms. The van der Waals surface area contributed by atoms with Gasteiger partial charge in [0.05, 0.1) is 6.54 Å². The molecular weight excluding hydrogens is 344 g/mol. The van der Waals surface area contributed by atoms with Crippen LogP contribution in [0.15, 0.2) is 35.3 Å². The fourth-order valence-corrected chi connectivity index (χ4v) is 3.74. The number of anilines is 1. The Kier molecular flexibility index (Phi) is 4.83. The SMILES string of the molecule is Cc1ccc(C(=O)N2CC[C@@H](Oc3cccnc3N3CCCC3)C2)c(=O)[nH]1. The molecule has 2 aromatic rings. The number of nitrogens with one attached hydrogen (secondary N) is 1. The summed E-state index contributed by atoms with van der Waals surface area (Å²) in [7, 11) is 0. The Balaban J connectivity index is 1.45. The zero-order valence-corrected chi connectivity index (χ0v) is 15.5. The van der Waals surface area contributed by atoms with Crippen LogP contribution in [0.3, 0.4) is 0 Å². The summed E-state index contributed by atoms with van der Waals surface area (Å²) in [6.07, 6.45) is 4.78. The largest absolute Gasteiger partial charge is 0.485 e. The van der Waals surface area contributed by atoms with Crippen molar-refractivity contribution in [2.24, 2.45) is 0 Å². The van der Waals surface area contributed by atoms with Crippen LogP contribution in [0, 0.1) is 6.92 Å². The van der Waals surface area contributed by atoms with Crippen molar-refractivity contribution >= 4 is 11.7 Å². The molecule has 0 aliphatic carbocycles. The van der Waals surface area contributed by atoms with Crippen LogP contribution in [0.25, 0.3) is 0 Å². The molecule has 2 fully saturated rings. The number of likely N-dealkylation sites (tertiary alicyclic amines) is 1. The van der Waals surface area contributed by atoms with Crippen molar-refractivity contribution in [3.05, 3.63) is 52.1 Å². The van der Waals surface area contributed by atoms with Gasteiger partial charge in [-0.15, -0.1) is 0 Å². The van der Waals surface area contributed by atoms with Crippen LogP contribution < -0.4 is 15.2 Å². The first-order chi connectivity index (χ1) is 13.1. The Morgan fingerprint density at radius 3 is 2.81 bits per heavy atom. The van der Waals surface area contributed by atoms with Gasteiger partial charge in [-0.05, 0) is 44.0 Å². The van der Waals surface area contributed by atoms with Crippen LogP contribution in [-0.4, -0.2) is 53.1 Å². The smallest absolute Gasteiger partial charge is 0.260 e. The number of H-pyrrole nitrogens is 1. The highest BCUT2D eigenvalue weighted by atomic mass is 16.5. The van der Waals surface area contributed by atoms with Crippen LogP contribution >= 0.6 is 0 Å². The molecule has 0 spiro atoms. The fraction of sp³-hybridized carbons (Fsp3) is 0.450. The summed E-state index contributed by atoms with van der Waals surface area (Å²) in [6.45, 7) is 4.84. The summed E-state index contributed by atoms with van der Waals surface area (Å²) in [4.78, 5) is 35.9. The number of aromatic nitrogens is 2. The van der Waals surface area contributed by atoms with Gasteiger partial charge >= 0.3 is 0 Å². The van der Waals surface area contributed by atoms with Gasteiger partial charge in [-0.25, -0.2) is 4.98 Å². The van der Waals surface area contributed by atoms with E-state index in [1.807, 2.05) is 12.1 Å². The number of amides is 1. The first-order valence-electron chi connectivity index (χ1n) is 9.47. The predicted molar refractivity (Wildman–Crippen MR) is 102 cm³/mol. The second-order valence-electron chi connectivity index (χ2n) is 7.18. The molecule has 4 rings (SSSR count). The summed E-state index contributed by atoms with van der Waals surface area (Å²) >= 11 is 0. The van der Waals surface area contributed by atoms with E-state index < -0.39 is 0 Å². The summed E-state index contributed by atoms with van der Waals surface area (Å²) in [5, 5.41) is 0. The monoisotopic (exact) mass is 368 g/mol. The van der Waals surface area contributed by atoms with E-state index in [0.717, 1.165) is 36.8 Å². The van der Waals surface area contributed by atoms with Crippen LogP contribution in [0.4, 0.5) is 5.82 Å². The van der Waals surface area contributed by atoms with E-state index in [1.54, 1.807) is 30.2 Å². The minimum Gasteiger partial charge on any atom is -0.485 e. The molecule has 7 nitrogen and oxygen atoms in total. The molecule has 0 aromatic carbocycles. The quantitative estimate of drug-likeness (QED) is 0.893. The van der Waals surface area contributed by atoms with Crippen molar-refractivity contribution in [2.45, 2.75) is 32.3 Å². The van der Waals surface area contributed by atoms with E-state index in [4.69, 9.17) is 4.74 Å². The Bertz CT molecular complexity index is 889. The van der Waals surface area contributed by atoms with Gasteiger partial charge in [-0.1, -0.05) is 0 Å². The maximum absolute atomic E-state index is 12.7. The van der Waals surface area contributed by atoms with Gasteiger partial charge in [0.1, 0.15) is 11.7 Å². The standard InChI is InChI=1S/C20H24N4O3/c1-14-6-7-16(19(25)22-14)20(26)24-12-8-15(13-24)27-17-5-4-9-21-18(17)23-10-2-3-11-23/h4-7,9,15H,2-3,8,10-13H2,1H3,(H,22,25)/t15-/m1/s1. The molecule has 1 amide bonds. The van der Waals surface area contributed by atoms with Crippen molar-refractivity contribution < 1.29 is 9.53 Å². The first-order valence-corrected chi connectivity index (χ1v) is 9.47. The molecule has 0 unspecified atom stereocenters. The van der Waals surface area contributed by atoms with Gasteiger partial charge in [0.25, 0.3) is 11.5 Å². The minimum atomic E-state index is -0.340. The normalized spacial score (nSPS) is 19.5. The molecule has 2 aliphatic heterocycles. The molecular formula is C20H24N4O3. The minimum absolute atomic E-state index is 0.0935. The molecule has 7 heteroatoms. The van der Waals surface area contributed by atoms with Gasteiger partial charge in [-0.3, -0.25) is 9.59 Å². The number of carbonyl (C=O) groups excluding carboxylic acids is 1. The van der Waals surface area contributed by atoms with E-state index in [9.17, 15) is 9.59 Å². The third-order valence-corrected chi connectivity index (χ3v) is 5.17. The van der Waals surface area contributed by atoms with Gasteiger partial charge in [0.15, 0.2) is 11.6 Å². The third kappa shape index (κ3) is 3.67. The lowest BCUT2D eigenvalue weighted by Gasteiger charge is -2.22. The number of hydrogen-bond acceptors (Lipinski definition) is 5. The number of hydrogen-bond donors (Lipinski definition) is 1. The van der Waals surface area contributed by atoms with Gasteiger partial charge in [0, 0.05) is 37.9 Å². The number of aromatic amines is 1. The van der Waals surface area contributed by atoms with Gasteiger partial charge in [-0.2, -0.15) is 0 Å². The molecule has 0 saturated carbocycles. The summed E-state index contributed by atoms with van der Waals surface area (Å²) in [5.41, 5.74) is 0.582. The van der Waals surface area contributed by atoms with E-state index in [0.29, 0.717) is 13.1 Å². The molecule has 2 aromatic heterocycles. The van der Waals surface area contributed by atoms with E-state index >= 15 is 0 Å². The van der Waals surface area contributed by atoms with Crippen LogP contribution in [0.2, 0.25) is 0 Å². The van der Waals surface area contributed by atoms with Gasteiger partial charge < -0.3 is 19.5 Å². The van der Waals surface area contributed by atoms with E-state index in [2.05, 4.69) is 14.9 Å². The lowest BCUT2D eigenvalue weighted by molar-refractivity contribution is 0.0770. The Hall–Kier alpha value is -2.83. The maximum Gasteiger partial charge on any atom is 0.260 e. The topological polar surface area (TPSA) is 78.5 Å². The first kappa shape index (κ1) is 17.6. The zero-order chi connectivity index (χ0) is 18.8. The Morgan fingerprint density at radius 2 is 2.04 bits per heavy atom. The highest BCUT2D eigenvalue weighted by molar-refractivity contribution is 5.94. The van der Waals surface area contributed by atoms with Crippen LogP contribution in [0.1, 0.15) is 35.3 Å². The predicted octanol–water partition coefficient (Wildman–Crippen LogP) is 1.97. The summed E-state index contributed by atoms with van der Waals surface area (Å²) in [5.74, 6) is 1.41. The van der Waals surface area contributed by atoms with Crippen molar-refractivity contribution in [1.29, 1.82) is 0 Å². The molecule has 0 bridgehead atoms. The zero-order valence-electron chi connectivity index (χ0n) is 15.5. The van der Waals surface area contributed by atoms with Crippen molar-refractivity contribution in [1.82, 2.24) is 14.9 Å².